The molecule has 2 fully saturated rings. The first-order chi connectivity index (χ1) is 9.65. The Morgan fingerprint density at radius 1 is 1.45 bits per heavy atom. The fraction of sp³-hybridized carbons (Fsp3) is 0.750. The summed E-state index contributed by atoms with van der Waals surface area (Å²) in [6, 6.07) is 4.39. The van der Waals surface area contributed by atoms with Crippen molar-refractivity contribution in [3.8, 4) is 0 Å². The van der Waals surface area contributed by atoms with Gasteiger partial charge in [-0.1, -0.05) is 6.07 Å². The summed E-state index contributed by atoms with van der Waals surface area (Å²) in [7, 11) is 4.28. The van der Waals surface area contributed by atoms with E-state index in [9.17, 15) is 0 Å². The minimum atomic E-state index is 0.149. The third-order valence-electron chi connectivity index (χ3n) is 4.50. The molecule has 1 aromatic heterocycles. The Hall–Kier alpha value is -0.420. The van der Waals surface area contributed by atoms with Gasteiger partial charge in [0.25, 0.3) is 0 Å². The van der Waals surface area contributed by atoms with Crippen LogP contribution in [0.1, 0.15) is 30.6 Å². The monoisotopic (exact) mass is 294 g/mol. The van der Waals surface area contributed by atoms with Gasteiger partial charge in [-0.25, -0.2) is 0 Å². The van der Waals surface area contributed by atoms with E-state index >= 15 is 0 Å². The second-order valence-corrected chi connectivity index (χ2v) is 7.65. The van der Waals surface area contributed by atoms with Gasteiger partial charge in [0.15, 0.2) is 0 Å². The largest absolute Gasteiger partial charge is 0.369 e. The van der Waals surface area contributed by atoms with Crippen molar-refractivity contribution >= 4 is 11.3 Å². The van der Waals surface area contributed by atoms with Crippen LogP contribution in [0.4, 0.5) is 0 Å². The normalized spacial score (nSPS) is 31.4. The Kier molecular flexibility index (Phi) is 4.46. The molecule has 112 valence electrons. The lowest BCUT2D eigenvalue weighted by molar-refractivity contribution is -0.126. The molecule has 1 spiro atoms. The maximum Gasteiger partial charge on any atom is 0.0825 e. The van der Waals surface area contributed by atoms with Crippen LogP contribution < -0.4 is 0 Å². The molecule has 0 N–H and O–H groups in total. The molecule has 2 aliphatic rings. The first kappa shape index (κ1) is 14.5. The van der Waals surface area contributed by atoms with E-state index in [0.29, 0.717) is 6.10 Å². The molecule has 1 aromatic rings. The van der Waals surface area contributed by atoms with E-state index in [-0.39, 0.29) is 5.60 Å². The smallest absolute Gasteiger partial charge is 0.0825 e. The molecule has 2 saturated heterocycles. The Bertz CT molecular complexity index is 420. The average molecular weight is 294 g/mol. The van der Waals surface area contributed by atoms with Gasteiger partial charge in [0.2, 0.25) is 0 Å². The van der Waals surface area contributed by atoms with Crippen molar-refractivity contribution in [3.63, 3.8) is 0 Å². The van der Waals surface area contributed by atoms with E-state index in [1.54, 1.807) is 0 Å². The summed E-state index contributed by atoms with van der Waals surface area (Å²) < 4.78 is 6.52. The van der Waals surface area contributed by atoms with Gasteiger partial charge in [-0.2, -0.15) is 0 Å². The van der Waals surface area contributed by atoms with Gasteiger partial charge in [-0.15, -0.1) is 11.3 Å². The van der Waals surface area contributed by atoms with Crippen molar-refractivity contribution in [2.45, 2.75) is 43.9 Å². The maximum absolute atomic E-state index is 6.52. The Morgan fingerprint density at radius 2 is 2.35 bits per heavy atom. The van der Waals surface area contributed by atoms with Crippen molar-refractivity contribution in [2.75, 3.05) is 33.7 Å². The van der Waals surface area contributed by atoms with Gasteiger partial charge in [0.05, 0.1) is 11.7 Å². The van der Waals surface area contributed by atoms with Crippen molar-refractivity contribution in [3.05, 3.63) is 22.4 Å². The van der Waals surface area contributed by atoms with E-state index in [1.807, 2.05) is 11.3 Å². The maximum atomic E-state index is 6.52. The molecule has 0 aliphatic carbocycles. The van der Waals surface area contributed by atoms with Gasteiger partial charge in [-0.05, 0) is 51.2 Å². The minimum absolute atomic E-state index is 0.149. The first-order valence-electron chi connectivity index (χ1n) is 7.73. The molecule has 2 aliphatic heterocycles. The van der Waals surface area contributed by atoms with Crippen LogP contribution in [0.2, 0.25) is 0 Å². The summed E-state index contributed by atoms with van der Waals surface area (Å²) in [4.78, 5) is 6.30. The SMILES string of the molecule is CN(C)C[C@@H]1CCC[C@@]2(CCN(Cc3cccs3)C2)O1. The van der Waals surface area contributed by atoms with Crippen LogP contribution in [0.25, 0.3) is 0 Å². The highest BCUT2D eigenvalue weighted by atomic mass is 32.1. The highest BCUT2D eigenvalue weighted by Crippen LogP contribution is 2.37. The van der Waals surface area contributed by atoms with Crippen molar-refractivity contribution in [2.24, 2.45) is 0 Å². The van der Waals surface area contributed by atoms with Crippen molar-refractivity contribution < 1.29 is 4.74 Å². The van der Waals surface area contributed by atoms with Crippen LogP contribution >= 0.6 is 11.3 Å². The predicted molar refractivity (Wildman–Crippen MR) is 84.2 cm³/mol. The molecular formula is C16H26N2OS. The molecule has 20 heavy (non-hydrogen) atoms. The third-order valence-corrected chi connectivity index (χ3v) is 5.36. The molecular weight excluding hydrogens is 268 g/mol. The predicted octanol–water partition coefficient (Wildman–Crippen LogP) is 2.82. The van der Waals surface area contributed by atoms with Gasteiger partial charge < -0.3 is 9.64 Å². The molecule has 0 bridgehead atoms. The standard InChI is InChI=1S/C16H26N2OS/c1-17(2)11-14-5-3-7-16(19-14)8-9-18(13-16)12-15-6-4-10-20-15/h4,6,10,14H,3,5,7-9,11-13H2,1-2H3/t14-,16-/m0/s1. The molecule has 4 heteroatoms. The Morgan fingerprint density at radius 3 is 3.10 bits per heavy atom. The first-order valence-corrected chi connectivity index (χ1v) is 8.60. The van der Waals surface area contributed by atoms with E-state index in [4.69, 9.17) is 4.74 Å². The number of likely N-dealkylation sites (tertiary alicyclic amines) is 1. The summed E-state index contributed by atoms with van der Waals surface area (Å²) in [6.45, 7) is 4.47. The fourth-order valence-corrected chi connectivity index (χ4v) is 4.39. The van der Waals surface area contributed by atoms with Gasteiger partial charge in [-0.3, -0.25) is 4.90 Å². The quantitative estimate of drug-likeness (QED) is 0.849. The molecule has 0 amide bonds. The number of nitrogens with zero attached hydrogens (tertiary/aromatic N) is 2. The van der Waals surface area contributed by atoms with Crippen molar-refractivity contribution in [1.82, 2.24) is 9.80 Å². The topological polar surface area (TPSA) is 15.7 Å². The second kappa shape index (κ2) is 6.14. The molecule has 0 unspecified atom stereocenters. The summed E-state index contributed by atoms with van der Waals surface area (Å²) in [5, 5.41) is 2.17. The third kappa shape index (κ3) is 3.42. The zero-order valence-electron chi connectivity index (χ0n) is 12.7. The zero-order valence-corrected chi connectivity index (χ0v) is 13.5. The number of hydrogen-bond donors (Lipinski definition) is 0. The molecule has 0 radical (unpaired) electrons. The molecule has 0 saturated carbocycles. The summed E-state index contributed by atoms with van der Waals surface area (Å²) in [6.07, 6.45) is 5.44. The van der Waals surface area contributed by atoms with Gasteiger partial charge in [0, 0.05) is 31.1 Å². The number of likely N-dealkylation sites (N-methyl/N-ethyl adjacent to an activating group) is 1. The number of rotatable bonds is 4. The number of thiophene rings is 1. The van der Waals surface area contributed by atoms with Crippen LogP contribution in [-0.4, -0.2) is 55.2 Å². The lowest BCUT2D eigenvalue weighted by Crippen LogP contribution is -2.45. The summed E-state index contributed by atoms with van der Waals surface area (Å²) >= 11 is 1.86. The van der Waals surface area contributed by atoms with Gasteiger partial charge in [0.1, 0.15) is 0 Å². The van der Waals surface area contributed by atoms with E-state index in [0.717, 1.165) is 19.6 Å². The van der Waals surface area contributed by atoms with Crippen LogP contribution in [0.3, 0.4) is 0 Å². The van der Waals surface area contributed by atoms with E-state index in [1.165, 1.54) is 37.1 Å². The highest BCUT2D eigenvalue weighted by molar-refractivity contribution is 7.09. The average Bonchev–Trinajstić information content (AvgIpc) is 3.00. The lowest BCUT2D eigenvalue weighted by atomic mass is 9.90. The number of hydrogen-bond acceptors (Lipinski definition) is 4. The van der Waals surface area contributed by atoms with E-state index in [2.05, 4.69) is 41.4 Å². The molecule has 3 heterocycles. The molecule has 2 atom stereocenters. The Labute approximate surface area is 126 Å². The zero-order chi connectivity index (χ0) is 14.0. The van der Waals surface area contributed by atoms with Crippen LogP contribution in [0, 0.1) is 0 Å². The highest BCUT2D eigenvalue weighted by Gasteiger charge is 2.42. The molecule has 0 aromatic carbocycles. The van der Waals surface area contributed by atoms with Crippen LogP contribution in [0.5, 0.6) is 0 Å². The van der Waals surface area contributed by atoms with Gasteiger partial charge >= 0.3 is 0 Å². The summed E-state index contributed by atoms with van der Waals surface area (Å²) in [5.41, 5.74) is 0.149. The van der Waals surface area contributed by atoms with Crippen molar-refractivity contribution in [1.29, 1.82) is 0 Å². The number of ether oxygens (including phenoxy) is 1. The lowest BCUT2D eigenvalue weighted by Gasteiger charge is -2.39. The van der Waals surface area contributed by atoms with Crippen LogP contribution in [0.15, 0.2) is 17.5 Å². The summed E-state index contributed by atoms with van der Waals surface area (Å²) in [5.74, 6) is 0. The van der Waals surface area contributed by atoms with E-state index < -0.39 is 0 Å². The fourth-order valence-electron chi connectivity index (χ4n) is 3.64. The van der Waals surface area contributed by atoms with Crippen LogP contribution in [-0.2, 0) is 11.3 Å². The molecule has 3 rings (SSSR count). The Balaban J connectivity index is 1.57. The minimum Gasteiger partial charge on any atom is -0.369 e. The molecule has 3 nitrogen and oxygen atoms in total. The second-order valence-electron chi connectivity index (χ2n) is 6.62.